The first-order valence-corrected chi connectivity index (χ1v) is 11.8. The Morgan fingerprint density at radius 2 is 1.59 bits per heavy atom. The first kappa shape index (κ1) is 23.5. The van der Waals surface area contributed by atoms with Gasteiger partial charge in [0.05, 0.1) is 12.5 Å². The number of hydrogen-bond donors (Lipinski definition) is 1. The molecule has 0 amide bonds. The van der Waals surface area contributed by atoms with Crippen molar-refractivity contribution in [3.8, 4) is 5.75 Å². The second kappa shape index (κ2) is 10.9. The maximum absolute atomic E-state index is 12.5. The van der Waals surface area contributed by atoms with Crippen LogP contribution in [0.3, 0.4) is 0 Å². The average Bonchev–Trinajstić information content (AvgIpc) is 2.78. The Morgan fingerprint density at radius 3 is 2.22 bits per heavy atom. The number of hydrogen-bond acceptors (Lipinski definition) is 6. The molecule has 1 unspecified atom stereocenters. The zero-order valence-corrected chi connectivity index (χ0v) is 19.0. The highest BCUT2D eigenvalue weighted by Gasteiger charge is 2.22. The standard InChI is InChI=1S/C25H27NO5S/c1-3-30-25(27)24(18-26-17-20-7-5-4-6-8-20)21-11-13-22(14-12-21)31-32(28,29)23-15-9-19(2)10-16-23/h4-16,24,26H,3,17-18H2,1-2H3. The summed E-state index contributed by atoms with van der Waals surface area (Å²) >= 11 is 0. The van der Waals surface area contributed by atoms with Gasteiger partial charge < -0.3 is 14.2 Å². The van der Waals surface area contributed by atoms with Crippen molar-refractivity contribution in [1.29, 1.82) is 0 Å². The number of esters is 1. The quantitative estimate of drug-likeness (QED) is 0.366. The van der Waals surface area contributed by atoms with Crippen molar-refractivity contribution >= 4 is 16.1 Å². The van der Waals surface area contributed by atoms with E-state index in [0.717, 1.165) is 11.1 Å². The van der Waals surface area contributed by atoms with Crippen LogP contribution in [0.2, 0.25) is 0 Å². The SMILES string of the molecule is CCOC(=O)C(CNCc1ccccc1)c1ccc(OS(=O)(=O)c2ccc(C)cc2)cc1. The van der Waals surface area contributed by atoms with E-state index in [1.54, 1.807) is 43.3 Å². The lowest BCUT2D eigenvalue weighted by Gasteiger charge is -2.17. The first-order valence-electron chi connectivity index (χ1n) is 10.4. The van der Waals surface area contributed by atoms with Gasteiger partial charge >= 0.3 is 16.1 Å². The van der Waals surface area contributed by atoms with E-state index in [2.05, 4.69) is 5.32 Å². The minimum atomic E-state index is -3.94. The van der Waals surface area contributed by atoms with E-state index in [1.807, 2.05) is 37.3 Å². The number of carbonyl (C=O) groups excluding carboxylic acids is 1. The van der Waals surface area contributed by atoms with Crippen molar-refractivity contribution in [2.75, 3.05) is 13.2 Å². The molecule has 0 aliphatic carbocycles. The third kappa shape index (κ3) is 6.42. The Hall–Kier alpha value is -3.16. The van der Waals surface area contributed by atoms with E-state index in [1.165, 1.54) is 12.1 Å². The van der Waals surface area contributed by atoms with Crippen LogP contribution in [-0.4, -0.2) is 27.5 Å². The van der Waals surface area contributed by atoms with Crippen molar-refractivity contribution < 1.29 is 22.1 Å². The summed E-state index contributed by atoms with van der Waals surface area (Å²) in [6.07, 6.45) is 0. The normalized spacial score (nSPS) is 12.2. The predicted octanol–water partition coefficient (Wildman–Crippen LogP) is 4.20. The number of aryl methyl sites for hydroxylation is 1. The highest BCUT2D eigenvalue weighted by atomic mass is 32.2. The van der Waals surface area contributed by atoms with Gasteiger partial charge in [-0.15, -0.1) is 0 Å². The second-order valence-corrected chi connectivity index (χ2v) is 8.89. The molecule has 0 aliphatic rings. The molecular weight excluding hydrogens is 426 g/mol. The summed E-state index contributed by atoms with van der Waals surface area (Å²) in [5.41, 5.74) is 2.78. The highest BCUT2D eigenvalue weighted by molar-refractivity contribution is 7.87. The van der Waals surface area contributed by atoms with Gasteiger partial charge in [0.1, 0.15) is 10.6 Å². The van der Waals surface area contributed by atoms with Crippen LogP contribution in [0.25, 0.3) is 0 Å². The summed E-state index contributed by atoms with van der Waals surface area (Å²) in [6.45, 7) is 4.93. The van der Waals surface area contributed by atoms with Gasteiger partial charge in [0, 0.05) is 13.1 Å². The smallest absolute Gasteiger partial charge is 0.339 e. The highest BCUT2D eigenvalue weighted by Crippen LogP contribution is 2.24. The van der Waals surface area contributed by atoms with Crippen molar-refractivity contribution in [2.45, 2.75) is 31.2 Å². The molecule has 0 saturated heterocycles. The molecule has 1 atom stereocenters. The summed E-state index contributed by atoms with van der Waals surface area (Å²) in [6, 6.07) is 22.8. The monoisotopic (exact) mass is 453 g/mol. The van der Waals surface area contributed by atoms with E-state index in [0.29, 0.717) is 18.7 Å². The summed E-state index contributed by atoms with van der Waals surface area (Å²) in [7, 11) is -3.94. The van der Waals surface area contributed by atoms with Crippen LogP contribution in [0.5, 0.6) is 5.75 Å². The molecule has 0 aromatic heterocycles. The van der Waals surface area contributed by atoms with Crippen LogP contribution < -0.4 is 9.50 Å². The Morgan fingerprint density at radius 1 is 0.938 bits per heavy atom. The number of benzene rings is 3. The van der Waals surface area contributed by atoms with Gasteiger partial charge in [0.25, 0.3) is 0 Å². The van der Waals surface area contributed by atoms with Crippen LogP contribution in [0, 0.1) is 6.92 Å². The average molecular weight is 454 g/mol. The van der Waals surface area contributed by atoms with Gasteiger partial charge in [-0.3, -0.25) is 4.79 Å². The molecule has 3 aromatic carbocycles. The molecule has 3 rings (SSSR count). The van der Waals surface area contributed by atoms with E-state index < -0.39 is 16.0 Å². The molecule has 32 heavy (non-hydrogen) atoms. The Balaban J connectivity index is 1.70. The fourth-order valence-electron chi connectivity index (χ4n) is 3.17. The summed E-state index contributed by atoms with van der Waals surface area (Å²) in [5.74, 6) is -0.690. The minimum absolute atomic E-state index is 0.0849. The molecule has 0 radical (unpaired) electrons. The molecule has 0 saturated carbocycles. The zero-order valence-electron chi connectivity index (χ0n) is 18.2. The molecule has 168 valence electrons. The summed E-state index contributed by atoms with van der Waals surface area (Å²) in [4.78, 5) is 12.6. The van der Waals surface area contributed by atoms with Gasteiger partial charge in [0.2, 0.25) is 0 Å². The van der Waals surface area contributed by atoms with Gasteiger partial charge in [0.15, 0.2) is 0 Å². The summed E-state index contributed by atoms with van der Waals surface area (Å²) < 4.78 is 35.5. The molecule has 0 fully saturated rings. The molecule has 0 aliphatic heterocycles. The van der Waals surface area contributed by atoms with E-state index in [9.17, 15) is 13.2 Å². The Labute approximate surface area is 189 Å². The predicted molar refractivity (Wildman–Crippen MR) is 123 cm³/mol. The Bertz CT molecular complexity index is 1110. The van der Waals surface area contributed by atoms with Crippen molar-refractivity contribution in [1.82, 2.24) is 5.32 Å². The maximum atomic E-state index is 12.5. The van der Waals surface area contributed by atoms with Crippen molar-refractivity contribution in [2.24, 2.45) is 0 Å². The Kier molecular flexibility index (Phi) is 8.03. The van der Waals surface area contributed by atoms with Crippen molar-refractivity contribution in [3.05, 3.63) is 95.6 Å². The fraction of sp³-hybridized carbons (Fsp3) is 0.240. The van der Waals surface area contributed by atoms with Crippen LogP contribution in [0.15, 0.2) is 83.8 Å². The number of nitrogens with one attached hydrogen (secondary N) is 1. The maximum Gasteiger partial charge on any atom is 0.339 e. The summed E-state index contributed by atoms with van der Waals surface area (Å²) in [5, 5.41) is 3.29. The second-order valence-electron chi connectivity index (χ2n) is 7.34. The largest absolute Gasteiger partial charge is 0.465 e. The van der Waals surface area contributed by atoms with Gasteiger partial charge in [-0.2, -0.15) is 8.42 Å². The molecule has 7 heteroatoms. The van der Waals surface area contributed by atoms with Crippen LogP contribution in [0.1, 0.15) is 29.5 Å². The van der Waals surface area contributed by atoms with Gasteiger partial charge in [-0.25, -0.2) is 0 Å². The first-order chi connectivity index (χ1) is 15.4. The van der Waals surface area contributed by atoms with Gasteiger partial charge in [-0.05, 0) is 49.2 Å². The minimum Gasteiger partial charge on any atom is -0.465 e. The number of ether oxygens (including phenoxy) is 1. The third-order valence-corrected chi connectivity index (χ3v) is 6.15. The topological polar surface area (TPSA) is 81.7 Å². The molecule has 0 heterocycles. The third-order valence-electron chi connectivity index (χ3n) is 4.89. The van der Waals surface area contributed by atoms with Crippen LogP contribution in [-0.2, 0) is 26.2 Å². The fourth-order valence-corrected chi connectivity index (χ4v) is 4.10. The molecular formula is C25H27NO5S. The van der Waals surface area contributed by atoms with E-state index in [4.69, 9.17) is 8.92 Å². The van der Waals surface area contributed by atoms with Gasteiger partial charge in [-0.1, -0.05) is 60.2 Å². The van der Waals surface area contributed by atoms with E-state index in [-0.39, 0.29) is 23.2 Å². The molecule has 3 aromatic rings. The van der Waals surface area contributed by atoms with Crippen molar-refractivity contribution in [3.63, 3.8) is 0 Å². The molecule has 0 bridgehead atoms. The molecule has 0 spiro atoms. The van der Waals surface area contributed by atoms with Crippen LogP contribution >= 0.6 is 0 Å². The number of carbonyl (C=O) groups is 1. The van der Waals surface area contributed by atoms with Crippen LogP contribution in [0.4, 0.5) is 0 Å². The lowest BCUT2D eigenvalue weighted by atomic mass is 9.99. The van der Waals surface area contributed by atoms with E-state index >= 15 is 0 Å². The lowest BCUT2D eigenvalue weighted by molar-refractivity contribution is -0.144. The zero-order chi connectivity index (χ0) is 23.0. The number of rotatable bonds is 10. The molecule has 1 N–H and O–H groups in total. The molecule has 6 nitrogen and oxygen atoms in total. The lowest BCUT2D eigenvalue weighted by Crippen LogP contribution is -2.28.